The fourth-order valence-electron chi connectivity index (χ4n) is 7.02. The molecule has 0 aromatic carbocycles. The van der Waals surface area contributed by atoms with Crippen molar-refractivity contribution in [3.05, 3.63) is 23.8 Å². The molecule has 6 aliphatic rings. The maximum atomic E-state index is 13.5. The topological polar surface area (TPSA) is 108 Å². The van der Waals surface area contributed by atoms with Gasteiger partial charge in [-0.2, -0.15) is 0 Å². The van der Waals surface area contributed by atoms with Gasteiger partial charge in [0.15, 0.2) is 0 Å². The number of ether oxygens (including phenoxy) is 1. The first-order valence-corrected chi connectivity index (χ1v) is 13.7. The smallest absolute Gasteiger partial charge is 0.249 e. The highest BCUT2D eigenvalue weighted by Gasteiger charge is 2.54. The van der Waals surface area contributed by atoms with Crippen LogP contribution in [0.15, 0.2) is 23.8 Å². The molecule has 4 aliphatic heterocycles. The van der Waals surface area contributed by atoms with Gasteiger partial charge in [-0.05, 0) is 77.0 Å². The lowest BCUT2D eigenvalue weighted by Crippen LogP contribution is -2.54. The van der Waals surface area contributed by atoms with E-state index in [1.165, 1.54) is 0 Å². The number of amides is 4. The van der Waals surface area contributed by atoms with E-state index in [0.29, 0.717) is 18.2 Å². The van der Waals surface area contributed by atoms with Gasteiger partial charge in [0.2, 0.25) is 23.6 Å². The average molecular weight is 497 g/mol. The fraction of sp³-hybridized carbons (Fsp3) is 0.704. The van der Waals surface area contributed by atoms with Crippen molar-refractivity contribution in [2.24, 2.45) is 17.8 Å². The molecule has 3 atom stereocenters. The molecule has 0 bridgehead atoms. The third kappa shape index (κ3) is 4.35. The van der Waals surface area contributed by atoms with E-state index in [9.17, 15) is 19.2 Å². The minimum atomic E-state index is -0.886. The summed E-state index contributed by atoms with van der Waals surface area (Å²) in [5, 5.41) is 5.67. The molecule has 2 N–H and O–H groups in total. The normalized spacial score (nSPS) is 36.5. The van der Waals surface area contributed by atoms with Gasteiger partial charge in [0.1, 0.15) is 6.04 Å². The van der Waals surface area contributed by atoms with E-state index >= 15 is 0 Å². The molecule has 6 rings (SSSR count). The van der Waals surface area contributed by atoms with Crippen LogP contribution < -0.4 is 10.6 Å². The summed E-state index contributed by atoms with van der Waals surface area (Å²) in [6.45, 7) is 4.10. The van der Waals surface area contributed by atoms with E-state index < -0.39 is 23.8 Å². The number of allylic oxidation sites excluding steroid dienone is 2. The number of nitrogens with zero attached hydrogens (tertiary/aromatic N) is 2. The molecule has 1 saturated carbocycles. The molecule has 0 radical (unpaired) electrons. The van der Waals surface area contributed by atoms with E-state index in [4.69, 9.17) is 4.74 Å². The third-order valence-electron chi connectivity index (χ3n) is 9.13. The molecule has 5 fully saturated rings. The summed E-state index contributed by atoms with van der Waals surface area (Å²) in [5.41, 5.74) is 1.04. The number of carbonyl (C=O) groups excluding carboxylic acids is 4. The fourth-order valence-corrected chi connectivity index (χ4v) is 7.02. The van der Waals surface area contributed by atoms with Crippen LogP contribution in [0, 0.1) is 17.8 Å². The number of nitrogens with one attached hydrogen (secondary N) is 2. The molecule has 0 unspecified atom stereocenters. The Morgan fingerprint density at radius 2 is 1.64 bits per heavy atom. The van der Waals surface area contributed by atoms with Crippen molar-refractivity contribution in [2.75, 3.05) is 26.2 Å². The number of piperidine rings is 3. The molecule has 194 valence electrons. The molecule has 9 nitrogen and oxygen atoms in total. The van der Waals surface area contributed by atoms with Gasteiger partial charge in [-0.3, -0.25) is 29.4 Å². The van der Waals surface area contributed by atoms with Crippen molar-refractivity contribution in [3.8, 4) is 0 Å². The first-order chi connectivity index (χ1) is 17.5. The monoisotopic (exact) mass is 496 g/mol. The third-order valence-corrected chi connectivity index (χ3v) is 9.13. The van der Waals surface area contributed by atoms with E-state index in [1.54, 1.807) is 6.08 Å². The van der Waals surface area contributed by atoms with Gasteiger partial charge >= 0.3 is 0 Å². The largest absolute Gasteiger partial charge is 0.375 e. The van der Waals surface area contributed by atoms with Gasteiger partial charge in [0.05, 0.1) is 24.0 Å². The molecule has 4 amide bonds. The van der Waals surface area contributed by atoms with Gasteiger partial charge < -0.3 is 15.0 Å². The highest BCUT2D eigenvalue weighted by molar-refractivity contribution is 6.12. The summed E-state index contributed by atoms with van der Waals surface area (Å²) >= 11 is 0. The number of likely N-dealkylation sites (tertiary alicyclic amines) is 2. The Kier molecular flexibility index (Phi) is 6.56. The van der Waals surface area contributed by atoms with Crippen LogP contribution in [0.25, 0.3) is 0 Å². The molecule has 0 aromatic heterocycles. The lowest BCUT2D eigenvalue weighted by molar-refractivity contribution is -0.151. The minimum absolute atomic E-state index is 0.144. The van der Waals surface area contributed by atoms with Crippen LogP contribution in [0.1, 0.15) is 51.4 Å². The van der Waals surface area contributed by atoms with Crippen LogP contribution in [0.3, 0.4) is 0 Å². The minimum Gasteiger partial charge on any atom is -0.375 e. The van der Waals surface area contributed by atoms with Crippen molar-refractivity contribution < 1.29 is 23.9 Å². The first kappa shape index (κ1) is 24.0. The van der Waals surface area contributed by atoms with Crippen molar-refractivity contribution in [2.45, 2.75) is 75.7 Å². The predicted molar refractivity (Wildman–Crippen MR) is 130 cm³/mol. The Balaban J connectivity index is 1.05. The van der Waals surface area contributed by atoms with Gasteiger partial charge in [-0.1, -0.05) is 23.8 Å². The lowest BCUT2D eigenvalue weighted by atomic mass is 9.74. The van der Waals surface area contributed by atoms with Gasteiger partial charge in [-0.25, -0.2) is 0 Å². The van der Waals surface area contributed by atoms with Gasteiger partial charge in [0, 0.05) is 12.5 Å². The number of hydrogen-bond acceptors (Lipinski definition) is 7. The summed E-state index contributed by atoms with van der Waals surface area (Å²) in [4.78, 5) is 54.4. The highest BCUT2D eigenvalue weighted by atomic mass is 16.5. The summed E-state index contributed by atoms with van der Waals surface area (Å²) < 4.78 is 6.30. The first-order valence-electron chi connectivity index (χ1n) is 13.7. The Bertz CT molecular complexity index is 988. The molecule has 0 aromatic rings. The number of fused-ring (bicyclic) bond motifs is 1. The summed E-state index contributed by atoms with van der Waals surface area (Å²) in [6.07, 6.45) is 13.3. The van der Waals surface area contributed by atoms with Crippen molar-refractivity contribution in [3.63, 3.8) is 0 Å². The molecular formula is C27H36N4O5. The second-order valence-electron chi connectivity index (χ2n) is 11.2. The van der Waals surface area contributed by atoms with Gasteiger partial charge in [-0.15, -0.1) is 0 Å². The van der Waals surface area contributed by atoms with E-state index in [0.717, 1.165) is 75.2 Å². The maximum absolute atomic E-state index is 13.5. The van der Waals surface area contributed by atoms with E-state index in [2.05, 4.69) is 15.5 Å². The summed E-state index contributed by atoms with van der Waals surface area (Å²) in [7, 11) is 0. The second-order valence-corrected chi connectivity index (χ2v) is 11.2. The molecule has 36 heavy (non-hydrogen) atoms. The SMILES string of the molecule is O=C1CC[C@@H](N2C(=O)[C@H]3C(C4CCN(C5CC(OC6CCNCC6)C5)CC4)=CC=C[C@H]3C2=O)C(=O)N1. The Labute approximate surface area is 211 Å². The average Bonchev–Trinajstić information content (AvgIpc) is 3.12. The Hall–Kier alpha value is -2.36. The number of rotatable bonds is 5. The van der Waals surface area contributed by atoms with Crippen LogP contribution in [0.4, 0.5) is 0 Å². The van der Waals surface area contributed by atoms with E-state index in [1.807, 2.05) is 12.2 Å². The lowest BCUT2D eigenvalue weighted by Gasteiger charge is -2.47. The zero-order valence-corrected chi connectivity index (χ0v) is 20.7. The number of imide groups is 2. The molecule has 4 saturated heterocycles. The standard InChI is InChI=1S/C27H36N4O5/c32-23-5-4-22(25(33)29-23)31-26(34)21-3-1-2-20(24(21)27(31)35)16-8-12-30(13-9-16)17-14-19(15-17)36-18-6-10-28-11-7-18/h1-3,16-19,21-22,24,28H,4-15H2,(H,29,32,33)/t17?,19?,21-,22-,24+/m1/s1. The summed E-state index contributed by atoms with van der Waals surface area (Å²) in [6, 6.07) is -0.299. The van der Waals surface area contributed by atoms with Crippen molar-refractivity contribution >= 4 is 23.6 Å². The van der Waals surface area contributed by atoms with Crippen molar-refractivity contribution in [1.29, 1.82) is 0 Å². The predicted octanol–water partition coefficient (Wildman–Crippen LogP) is 0.901. The molecule has 2 aliphatic carbocycles. The van der Waals surface area contributed by atoms with Crippen LogP contribution in [0.5, 0.6) is 0 Å². The van der Waals surface area contributed by atoms with Gasteiger partial charge in [0.25, 0.3) is 0 Å². The maximum Gasteiger partial charge on any atom is 0.249 e. The highest BCUT2D eigenvalue weighted by Crippen LogP contribution is 2.43. The van der Waals surface area contributed by atoms with Crippen LogP contribution in [-0.4, -0.2) is 83.9 Å². The van der Waals surface area contributed by atoms with Crippen molar-refractivity contribution in [1.82, 2.24) is 20.4 Å². The summed E-state index contributed by atoms with van der Waals surface area (Å²) in [5.74, 6) is -2.29. The van der Waals surface area contributed by atoms with E-state index in [-0.39, 0.29) is 36.5 Å². The Morgan fingerprint density at radius 3 is 2.36 bits per heavy atom. The van der Waals surface area contributed by atoms with Crippen LogP contribution >= 0.6 is 0 Å². The Morgan fingerprint density at radius 1 is 0.889 bits per heavy atom. The number of carbonyl (C=O) groups is 4. The zero-order chi connectivity index (χ0) is 24.8. The zero-order valence-electron chi connectivity index (χ0n) is 20.7. The molecular weight excluding hydrogens is 460 g/mol. The molecule has 4 heterocycles. The molecule has 9 heteroatoms. The van der Waals surface area contributed by atoms with Crippen LogP contribution in [0.2, 0.25) is 0 Å². The molecule has 0 spiro atoms. The number of hydrogen-bond donors (Lipinski definition) is 2. The second kappa shape index (κ2) is 9.84. The van der Waals surface area contributed by atoms with Crippen LogP contribution in [-0.2, 0) is 23.9 Å². The quantitative estimate of drug-likeness (QED) is 0.545.